The van der Waals surface area contributed by atoms with Crippen molar-refractivity contribution >= 4 is 38.6 Å². The lowest BCUT2D eigenvalue weighted by Crippen LogP contribution is -2.57. The fourth-order valence-corrected chi connectivity index (χ4v) is 3.37. The molecule has 1 aliphatic rings. The molecule has 0 saturated carbocycles. The molecule has 1 aromatic rings. The van der Waals surface area contributed by atoms with Gasteiger partial charge in [0, 0.05) is 37.4 Å². The Morgan fingerprint density at radius 2 is 1.77 bits per heavy atom. The van der Waals surface area contributed by atoms with Crippen LogP contribution in [-0.2, 0) is 16.1 Å². The maximum atomic E-state index is 12.1. The number of nitrogens with zero attached hydrogens (tertiary/aromatic N) is 2. The molecule has 1 heterocycles. The third-order valence-electron chi connectivity index (χ3n) is 4.27. The van der Waals surface area contributed by atoms with Crippen LogP contribution in [0.1, 0.15) is 40.2 Å². The topological polar surface area (TPSA) is 58.8 Å². The van der Waals surface area contributed by atoms with Crippen LogP contribution in [0.3, 0.4) is 0 Å². The van der Waals surface area contributed by atoms with Crippen LogP contribution in [0.15, 0.2) is 24.3 Å². The van der Waals surface area contributed by atoms with E-state index in [9.17, 15) is 4.79 Å². The van der Waals surface area contributed by atoms with Crippen molar-refractivity contribution < 1.29 is 9.53 Å². The molecule has 0 spiro atoms. The number of nitrogens with two attached hydrogens (primary N) is 1. The first-order chi connectivity index (χ1) is 11.1. The summed E-state index contributed by atoms with van der Waals surface area (Å²) >= 11 is 0. The van der Waals surface area contributed by atoms with E-state index in [0.29, 0.717) is 18.6 Å². The zero-order valence-electron chi connectivity index (χ0n) is 16.6. The Morgan fingerprint density at radius 3 is 2.27 bits per heavy atom. The SMILES string of the molecule is CC1CN(CC(=O)OC(C)(C)C)CC(C)N1Cc1cccc(N)c1.S.S. The van der Waals surface area contributed by atoms with Crippen molar-refractivity contribution in [2.24, 2.45) is 0 Å². The summed E-state index contributed by atoms with van der Waals surface area (Å²) in [6, 6.07) is 8.80. The molecule has 0 bridgehead atoms. The van der Waals surface area contributed by atoms with Crippen LogP contribution in [0.4, 0.5) is 5.69 Å². The third-order valence-corrected chi connectivity index (χ3v) is 4.27. The number of ether oxygens (including phenoxy) is 1. The van der Waals surface area contributed by atoms with E-state index >= 15 is 0 Å². The number of hydrogen-bond acceptors (Lipinski definition) is 5. The molecule has 2 N–H and O–H groups in total. The standard InChI is InChI=1S/C19H31N3O2.2H2S/c1-14-10-21(13-18(23)24-19(3,4)5)11-15(2)22(14)12-16-7-6-8-17(20)9-16;;/h6-9,14-15H,10-13,20H2,1-5H3;2*1H2. The van der Waals surface area contributed by atoms with Crippen LogP contribution in [0.5, 0.6) is 0 Å². The first-order valence-electron chi connectivity index (χ1n) is 8.68. The van der Waals surface area contributed by atoms with Crippen molar-refractivity contribution in [3.8, 4) is 0 Å². The average Bonchev–Trinajstić information content (AvgIpc) is 2.40. The summed E-state index contributed by atoms with van der Waals surface area (Å²) in [6.07, 6.45) is 0. The maximum Gasteiger partial charge on any atom is 0.320 e. The molecule has 0 radical (unpaired) electrons. The number of anilines is 1. The third kappa shape index (κ3) is 7.78. The van der Waals surface area contributed by atoms with Gasteiger partial charge in [0.25, 0.3) is 0 Å². The maximum absolute atomic E-state index is 12.1. The first-order valence-corrected chi connectivity index (χ1v) is 8.68. The van der Waals surface area contributed by atoms with Crippen LogP contribution in [0.25, 0.3) is 0 Å². The normalized spacial score (nSPS) is 21.4. The molecule has 5 nitrogen and oxygen atoms in total. The molecule has 1 fully saturated rings. The molecule has 0 aliphatic carbocycles. The van der Waals surface area contributed by atoms with Crippen molar-refractivity contribution in [2.75, 3.05) is 25.4 Å². The Kier molecular flexibility index (Phi) is 10.1. The van der Waals surface area contributed by atoms with Crippen molar-refractivity contribution in [3.05, 3.63) is 29.8 Å². The predicted molar refractivity (Wildman–Crippen MR) is 118 cm³/mol. The van der Waals surface area contributed by atoms with Gasteiger partial charge in [-0.1, -0.05) is 12.1 Å². The van der Waals surface area contributed by atoms with Gasteiger partial charge >= 0.3 is 5.97 Å². The number of nitrogen functional groups attached to an aromatic ring is 1. The first kappa shape index (κ1) is 25.1. The molecule has 2 atom stereocenters. The van der Waals surface area contributed by atoms with Gasteiger partial charge in [-0.05, 0) is 52.3 Å². The van der Waals surface area contributed by atoms with E-state index in [2.05, 4.69) is 29.7 Å². The zero-order valence-corrected chi connectivity index (χ0v) is 18.6. The summed E-state index contributed by atoms with van der Waals surface area (Å²) in [5.74, 6) is -0.147. The highest BCUT2D eigenvalue weighted by atomic mass is 32.1. The Hall–Kier alpha value is -0.890. The smallest absolute Gasteiger partial charge is 0.320 e. The summed E-state index contributed by atoms with van der Waals surface area (Å²) in [5, 5.41) is 0. The minimum absolute atomic E-state index is 0. The molecule has 2 unspecified atom stereocenters. The average molecular weight is 402 g/mol. The second-order valence-electron chi connectivity index (χ2n) is 7.90. The van der Waals surface area contributed by atoms with Gasteiger partial charge in [-0.25, -0.2) is 0 Å². The summed E-state index contributed by atoms with van der Waals surface area (Å²) in [4.78, 5) is 16.7. The molecule has 1 aromatic carbocycles. The lowest BCUT2D eigenvalue weighted by atomic mass is 10.1. The summed E-state index contributed by atoms with van der Waals surface area (Å²) in [6.45, 7) is 13.1. The molecular formula is C19H35N3O2S2. The largest absolute Gasteiger partial charge is 0.459 e. The van der Waals surface area contributed by atoms with Crippen molar-refractivity contribution in [2.45, 2.75) is 58.8 Å². The van der Waals surface area contributed by atoms with Crippen LogP contribution in [-0.4, -0.2) is 53.1 Å². The van der Waals surface area contributed by atoms with Gasteiger partial charge in [0.2, 0.25) is 0 Å². The monoisotopic (exact) mass is 401 g/mol. The molecule has 1 saturated heterocycles. The predicted octanol–water partition coefficient (Wildman–Crippen LogP) is 2.73. The van der Waals surface area contributed by atoms with Crippen LogP contribution >= 0.6 is 27.0 Å². The quantitative estimate of drug-likeness (QED) is 0.621. The Labute approximate surface area is 172 Å². The van der Waals surface area contributed by atoms with E-state index in [-0.39, 0.29) is 33.0 Å². The highest BCUT2D eigenvalue weighted by molar-refractivity contribution is 7.59. The molecule has 2 rings (SSSR count). The van der Waals surface area contributed by atoms with Crippen molar-refractivity contribution in [1.29, 1.82) is 0 Å². The lowest BCUT2D eigenvalue weighted by molar-refractivity contribution is -0.157. The van der Waals surface area contributed by atoms with Gasteiger partial charge in [0.05, 0.1) is 6.54 Å². The fourth-order valence-electron chi connectivity index (χ4n) is 3.37. The highest BCUT2D eigenvalue weighted by Gasteiger charge is 2.31. The molecule has 1 aliphatic heterocycles. The Morgan fingerprint density at radius 1 is 1.19 bits per heavy atom. The molecule has 0 amide bonds. The minimum Gasteiger partial charge on any atom is -0.459 e. The minimum atomic E-state index is -0.427. The summed E-state index contributed by atoms with van der Waals surface area (Å²) < 4.78 is 5.44. The Bertz CT molecular complexity index is 566. The van der Waals surface area contributed by atoms with Gasteiger partial charge in [-0.15, -0.1) is 0 Å². The fraction of sp³-hybridized carbons (Fsp3) is 0.632. The lowest BCUT2D eigenvalue weighted by Gasteiger charge is -2.44. The van der Waals surface area contributed by atoms with Gasteiger partial charge in [-0.2, -0.15) is 27.0 Å². The second kappa shape index (κ2) is 10.4. The number of hydrogen-bond donors (Lipinski definition) is 1. The zero-order chi connectivity index (χ0) is 17.9. The van der Waals surface area contributed by atoms with E-state index in [4.69, 9.17) is 10.5 Å². The Balaban J connectivity index is 0.00000312. The second-order valence-corrected chi connectivity index (χ2v) is 7.90. The van der Waals surface area contributed by atoms with E-state index in [1.54, 1.807) is 0 Å². The highest BCUT2D eigenvalue weighted by Crippen LogP contribution is 2.20. The summed E-state index contributed by atoms with van der Waals surface area (Å²) in [7, 11) is 0. The van der Waals surface area contributed by atoms with E-state index < -0.39 is 5.60 Å². The molecule has 7 heteroatoms. The molecule has 0 aromatic heterocycles. The molecular weight excluding hydrogens is 366 g/mol. The number of carbonyl (C=O) groups excluding carboxylic acids is 1. The van der Waals surface area contributed by atoms with Gasteiger partial charge < -0.3 is 10.5 Å². The number of benzene rings is 1. The number of rotatable bonds is 4. The number of carbonyl (C=O) groups is 1. The molecule has 26 heavy (non-hydrogen) atoms. The molecule has 150 valence electrons. The number of piperazine rings is 1. The van der Waals surface area contributed by atoms with Crippen LogP contribution in [0.2, 0.25) is 0 Å². The van der Waals surface area contributed by atoms with E-state index in [1.807, 2.05) is 39.0 Å². The van der Waals surface area contributed by atoms with E-state index in [1.165, 1.54) is 5.56 Å². The van der Waals surface area contributed by atoms with Crippen LogP contribution < -0.4 is 5.73 Å². The van der Waals surface area contributed by atoms with Gasteiger partial charge in [0.15, 0.2) is 0 Å². The van der Waals surface area contributed by atoms with Crippen molar-refractivity contribution in [3.63, 3.8) is 0 Å². The van der Waals surface area contributed by atoms with Crippen LogP contribution in [0, 0.1) is 0 Å². The van der Waals surface area contributed by atoms with Gasteiger partial charge in [0.1, 0.15) is 5.60 Å². The summed E-state index contributed by atoms with van der Waals surface area (Å²) in [5.41, 5.74) is 7.49. The number of esters is 1. The van der Waals surface area contributed by atoms with E-state index in [0.717, 1.165) is 25.3 Å². The van der Waals surface area contributed by atoms with Crippen molar-refractivity contribution in [1.82, 2.24) is 9.80 Å². The van der Waals surface area contributed by atoms with Gasteiger partial charge in [-0.3, -0.25) is 14.6 Å².